The van der Waals surface area contributed by atoms with Crippen LogP contribution < -0.4 is 5.32 Å². The van der Waals surface area contributed by atoms with Crippen molar-refractivity contribution < 1.29 is 9.21 Å². The highest BCUT2D eigenvalue weighted by atomic mass is 32.1. The molecular weight excluding hydrogens is 274 g/mol. The van der Waals surface area contributed by atoms with E-state index in [-0.39, 0.29) is 17.7 Å². The summed E-state index contributed by atoms with van der Waals surface area (Å²) in [6.45, 7) is 0. The molecule has 1 fully saturated rings. The van der Waals surface area contributed by atoms with Crippen molar-refractivity contribution in [2.24, 2.45) is 5.92 Å². The molecule has 0 spiro atoms. The first-order valence-corrected chi connectivity index (χ1v) is 7.23. The van der Waals surface area contributed by atoms with Crippen LogP contribution >= 0.6 is 11.3 Å². The second kappa shape index (κ2) is 4.42. The Morgan fingerprint density at radius 2 is 2.35 bits per heavy atom. The minimum atomic E-state index is -0.0221. The van der Waals surface area contributed by atoms with Crippen molar-refractivity contribution in [3.05, 3.63) is 41.9 Å². The fourth-order valence-corrected chi connectivity index (χ4v) is 3.18. The largest absolute Gasteiger partial charge is 0.469 e. The molecule has 1 N–H and O–H groups in total. The van der Waals surface area contributed by atoms with Crippen molar-refractivity contribution in [1.29, 1.82) is 0 Å². The van der Waals surface area contributed by atoms with Gasteiger partial charge in [0.2, 0.25) is 5.91 Å². The third-order valence-corrected chi connectivity index (χ3v) is 4.43. The van der Waals surface area contributed by atoms with Crippen LogP contribution in [0.4, 0.5) is 5.82 Å². The Balaban J connectivity index is 1.53. The predicted molar refractivity (Wildman–Crippen MR) is 75.6 cm³/mol. The molecule has 0 aliphatic heterocycles. The standard InChI is InChI=1S/C14H11N3O2S/c18-14(9-6-8(9)11-2-1-4-19-11)17-13-12-10(3-5-20-12)15-7-16-13/h1-5,7-9H,6H2,(H,15,16,17,18)/t8-,9-/m0/s1. The Labute approximate surface area is 118 Å². The second-order valence-electron chi connectivity index (χ2n) is 4.81. The van der Waals surface area contributed by atoms with Gasteiger partial charge in [-0.15, -0.1) is 11.3 Å². The van der Waals surface area contributed by atoms with E-state index >= 15 is 0 Å². The molecule has 3 aromatic heterocycles. The van der Waals surface area contributed by atoms with Gasteiger partial charge in [0.05, 0.1) is 16.5 Å². The van der Waals surface area contributed by atoms with Crippen LogP contribution in [0.2, 0.25) is 0 Å². The summed E-state index contributed by atoms with van der Waals surface area (Å²) in [6.07, 6.45) is 3.95. The zero-order valence-electron chi connectivity index (χ0n) is 10.4. The Hall–Kier alpha value is -2.21. The minimum absolute atomic E-state index is 0.000185. The molecule has 3 heterocycles. The zero-order valence-corrected chi connectivity index (χ0v) is 11.3. The summed E-state index contributed by atoms with van der Waals surface area (Å²) in [6, 6.07) is 5.68. The Morgan fingerprint density at radius 3 is 3.20 bits per heavy atom. The van der Waals surface area contributed by atoms with E-state index in [9.17, 15) is 4.79 Å². The summed E-state index contributed by atoms with van der Waals surface area (Å²) in [5, 5.41) is 4.85. The lowest BCUT2D eigenvalue weighted by Crippen LogP contribution is -2.15. The summed E-state index contributed by atoms with van der Waals surface area (Å²) in [5.41, 5.74) is 0.860. The number of hydrogen-bond donors (Lipinski definition) is 1. The molecule has 0 aromatic carbocycles. The number of furan rings is 1. The first-order chi connectivity index (χ1) is 9.83. The number of carbonyl (C=O) groups excluding carboxylic acids is 1. The first kappa shape index (κ1) is 11.6. The van der Waals surface area contributed by atoms with Gasteiger partial charge in [0.1, 0.15) is 12.1 Å². The van der Waals surface area contributed by atoms with Crippen molar-refractivity contribution in [3.63, 3.8) is 0 Å². The fourth-order valence-electron chi connectivity index (χ4n) is 2.39. The lowest BCUT2D eigenvalue weighted by molar-refractivity contribution is -0.117. The highest BCUT2D eigenvalue weighted by Gasteiger charge is 2.46. The van der Waals surface area contributed by atoms with Crippen molar-refractivity contribution in [1.82, 2.24) is 9.97 Å². The van der Waals surface area contributed by atoms with Crippen molar-refractivity contribution in [2.75, 3.05) is 5.32 Å². The quantitative estimate of drug-likeness (QED) is 0.803. The average molecular weight is 285 g/mol. The first-order valence-electron chi connectivity index (χ1n) is 6.35. The molecule has 1 amide bonds. The molecule has 2 atom stereocenters. The molecular formula is C14H11N3O2S. The van der Waals surface area contributed by atoms with E-state index < -0.39 is 0 Å². The van der Waals surface area contributed by atoms with Gasteiger partial charge in [-0.25, -0.2) is 9.97 Å². The van der Waals surface area contributed by atoms with Crippen LogP contribution in [0, 0.1) is 5.92 Å². The number of nitrogens with zero attached hydrogens (tertiary/aromatic N) is 2. The molecule has 0 saturated heterocycles. The Morgan fingerprint density at radius 1 is 1.40 bits per heavy atom. The molecule has 3 aromatic rings. The van der Waals surface area contributed by atoms with Gasteiger partial charge >= 0.3 is 0 Å². The lowest BCUT2D eigenvalue weighted by atomic mass is 10.2. The van der Waals surface area contributed by atoms with Crippen LogP contribution in [0.15, 0.2) is 40.6 Å². The summed E-state index contributed by atoms with van der Waals surface area (Å²) in [7, 11) is 0. The van der Waals surface area contributed by atoms with Crippen LogP contribution in [0.1, 0.15) is 18.1 Å². The molecule has 5 nitrogen and oxygen atoms in total. The van der Waals surface area contributed by atoms with E-state index in [1.165, 1.54) is 17.7 Å². The van der Waals surface area contributed by atoms with Crippen LogP contribution in [0.25, 0.3) is 10.2 Å². The number of carbonyl (C=O) groups is 1. The number of thiophene rings is 1. The van der Waals surface area contributed by atoms with Crippen molar-refractivity contribution in [3.8, 4) is 0 Å². The number of fused-ring (bicyclic) bond motifs is 1. The highest BCUT2D eigenvalue weighted by molar-refractivity contribution is 7.17. The Bertz CT molecular complexity index is 766. The maximum absolute atomic E-state index is 12.2. The molecule has 1 aliphatic carbocycles. The minimum Gasteiger partial charge on any atom is -0.469 e. The van der Waals surface area contributed by atoms with Crippen molar-refractivity contribution >= 4 is 33.3 Å². The summed E-state index contributed by atoms with van der Waals surface area (Å²) in [4.78, 5) is 20.6. The normalized spacial score (nSPS) is 21.0. The second-order valence-corrected chi connectivity index (χ2v) is 5.73. The van der Waals surface area contributed by atoms with E-state index in [4.69, 9.17) is 4.42 Å². The molecule has 20 heavy (non-hydrogen) atoms. The van der Waals surface area contributed by atoms with Gasteiger partial charge in [0, 0.05) is 11.8 Å². The van der Waals surface area contributed by atoms with Gasteiger partial charge in [-0.3, -0.25) is 4.79 Å². The van der Waals surface area contributed by atoms with Crippen LogP contribution in [-0.4, -0.2) is 15.9 Å². The molecule has 4 rings (SSSR count). The smallest absolute Gasteiger partial charge is 0.229 e. The molecule has 100 valence electrons. The summed E-state index contributed by atoms with van der Waals surface area (Å²) >= 11 is 1.53. The third-order valence-electron chi connectivity index (χ3n) is 3.52. The van der Waals surface area contributed by atoms with E-state index in [2.05, 4.69) is 15.3 Å². The van der Waals surface area contributed by atoms with E-state index in [0.29, 0.717) is 5.82 Å². The van der Waals surface area contributed by atoms with E-state index in [0.717, 1.165) is 22.4 Å². The van der Waals surface area contributed by atoms with Gasteiger partial charge in [0.25, 0.3) is 0 Å². The van der Waals surface area contributed by atoms with Gasteiger partial charge in [-0.05, 0) is 30.0 Å². The fraction of sp³-hybridized carbons (Fsp3) is 0.214. The summed E-state index contributed by atoms with van der Waals surface area (Å²) < 4.78 is 6.26. The van der Waals surface area contributed by atoms with Gasteiger partial charge in [-0.2, -0.15) is 0 Å². The predicted octanol–water partition coefficient (Wildman–Crippen LogP) is 3.03. The Kier molecular flexibility index (Phi) is 2.56. The zero-order chi connectivity index (χ0) is 13.5. The molecule has 1 saturated carbocycles. The number of hydrogen-bond acceptors (Lipinski definition) is 5. The number of anilines is 1. The topological polar surface area (TPSA) is 68.0 Å². The third kappa shape index (κ3) is 1.89. The van der Waals surface area contributed by atoms with Gasteiger partial charge < -0.3 is 9.73 Å². The van der Waals surface area contributed by atoms with Gasteiger partial charge in [-0.1, -0.05) is 0 Å². The highest BCUT2D eigenvalue weighted by Crippen LogP contribution is 2.48. The maximum atomic E-state index is 12.2. The van der Waals surface area contributed by atoms with Gasteiger partial charge in [0.15, 0.2) is 5.82 Å². The van der Waals surface area contributed by atoms with Crippen LogP contribution in [0.5, 0.6) is 0 Å². The number of rotatable bonds is 3. The number of amides is 1. The molecule has 1 aliphatic rings. The molecule has 6 heteroatoms. The van der Waals surface area contributed by atoms with Crippen molar-refractivity contribution in [2.45, 2.75) is 12.3 Å². The molecule has 0 radical (unpaired) electrons. The molecule has 0 bridgehead atoms. The summed E-state index contributed by atoms with van der Waals surface area (Å²) in [5.74, 6) is 1.66. The molecule has 0 unspecified atom stereocenters. The van der Waals surface area contributed by atoms with Crippen LogP contribution in [-0.2, 0) is 4.79 Å². The monoisotopic (exact) mass is 285 g/mol. The average Bonchev–Trinajstić information content (AvgIpc) is 2.91. The number of nitrogens with one attached hydrogen (secondary N) is 1. The van der Waals surface area contributed by atoms with E-state index in [1.54, 1.807) is 6.26 Å². The van der Waals surface area contributed by atoms with Crippen LogP contribution in [0.3, 0.4) is 0 Å². The number of aromatic nitrogens is 2. The maximum Gasteiger partial charge on any atom is 0.229 e. The van der Waals surface area contributed by atoms with E-state index in [1.807, 2.05) is 23.6 Å². The SMILES string of the molecule is O=C(Nc1ncnc2ccsc12)[C@H]1C[C@@H]1c1ccco1. The lowest BCUT2D eigenvalue weighted by Gasteiger charge is -2.04.